The van der Waals surface area contributed by atoms with Gasteiger partial charge < -0.3 is 10.2 Å². The number of rotatable bonds is 5. The van der Waals surface area contributed by atoms with E-state index >= 15 is 0 Å². The van der Waals surface area contributed by atoms with Crippen LogP contribution in [0.25, 0.3) is 10.8 Å². The van der Waals surface area contributed by atoms with E-state index < -0.39 is 0 Å². The molecule has 0 radical (unpaired) electrons. The molecule has 1 N–H and O–H groups in total. The summed E-state index contributed by atoms with van der Waals surface area (Å²) in [4.78, 5) is 27.8. The maximum atomic E-state index is 13.4. The van der Waals surface area contributed by atoms with E-state index in [1.807, 2.05) is 67.6 Å². The molecule has 0 heterocycles. The standard InChI is InChI=1S/C26H21BrN2O2/c1-2-29(24-16-8-10-18-9-3-4-13-21(18)24)26(31)19-11-7-12-20(17-19)28-25(30)22-14-5-6-15-23(22)27/h3-17H,2H2,1H3,(H,28,30). The van der Waals surface area contributed by atoms with Crippen LogP contribution < -0.4 is 10.2 Å². The van der Waals surface area contributed by atoms with Crippen molar-refractivity contribution in [2.24, 2.45) is 0 Å². The summed E-state index contributed by atoms with van der Waals surface area (Å²) < 4.78 is 0.716. The number of anilines is 2. The zero-order valence-corrected chi connectivity index (χ0v) is 18.6. The number of carbonyl (C=O) groups excluding carboxylic acids is 2. The minimum Gasteiger partial charge on any atom is -0.322 e. The monoisotopic (exact) mass is 472 g/mol. The Balaban J connectivity index is 1.62. The van der Waals surface area contributed by atoms with E-state index in [9.17, 15) is 9.59 Å². The number of hydrogen-bond donors (Lipinski definition) is 1. The van der Waals surface area contributed by atoms with Gasteiger partial charge in [-0.05, 0) is 64.6 Å². The summed E-state index contributed by atoms with van der Waals surface area (Å²) in [5.41, 5.74) is 2.48. The first-order chi connectivity index (χ1) is 15.1. The zero-order valence-electron chi connectivity index (χ0n) is 17.0. The molecule has 4 aromatic rings. The maximum absolute atomic E-state index is 13.4. The summed E-state index contributed by atoms with van der Waals surface area (Å²) in [6.45, 7) is 2.48. The number of nitrogens with one attached hydrogen (secondary N) is 1. The summed E-state index contributed by atoms with van der Waals surface area (Å²) in [7, 11) is 0. The highest BCUT2D eigenvalue weighted by atomic mass is 79.9. The second-order valence-corrected chi connectivity index (χ2v) is 7.92. The lowest BCUT2D eigenvalue weighted by Gasteiger charge is -2.23. The predicted octanol–water partition coefficient (Wildman–Crippen LogP) is 6.52. The fourth-order valence-corrected chi connectivity index (χ4v) is 4.06. The molecule has 0 aliphatic rings. The van der Waals surface area contributed by atoms with Crippen LogP contribution in [-0.4, -0.2) is 18.4 Å². The third-order valence-corrected chi connectivity index (χ3v) is 5.80. The minimum absolute atomic E-state index is 0.115. The number of benzene rings is 4. The van der Waals surface area contributed by atoms with Gasteiger partial charge in [-0.3, -0.25) is 9.59 Å². The van der Waals surface area contributed by atoms with Gasteiger partial charge in [-0.1, -0.05) is 54.6 Å². The van der Waals surface area contributed by atoms with Gasteiger partial charge in [0.05, 0.1) is 11.3 Å². The van der Waals surface area contributed by atoms with Crippen LogP contribution in [0, 0.1) is 0 Å². The molecule has 0 spiro atoms. The van der Waals surface area contributed by atoms with Crippen molar-refractivity contribution in [3.63, 3.8) is 0 Å². The number of fused-ring (bicyclic) bond motifs is 1. The fraction of sp³-hybridized carbons (Fsp3) is 0.0769. The Bertz CT molecular complexity index is 1260. The largest absolute Gasteiger partial charge is 0.322 e. The minimum atomic E-state index is -0.238. The molecular formula is C26H21BrN2O2. The van der Waals surface area contributed by atoms with Crippen LogP contribution in [-0.2, 0) is 0 Å². The molecule has 31 heavy (non-hydrogen) atoms. The third-order valence-electron chi connectivity index (χ3n) is 5.10. The second-order valence-electron chi connectivity index (χ2n) is 7.06. The number of amides is 2. The third kappa shape index (κ3) is 4.37. The molecule has 4 rings (SSSR count). The smallest absolute Gasteiger partial charge is 0.258 e. The van der Waals surface area contributed by atoms with E-state index in [4.69, 9.17) is 0 Å². The molecule has 0 unspecified atom stereocenters. The summed E-state index contributed by atoms with van der Waals surface area (Å²) in [5.74, 6) is -0.352. The van der Waals surface area contributed by atoms with Crippen LogP contribution in [0.4, 0.5) is 11.4 Å². The first kappa shape index (κ1) is 20.8. The van der Waals surface area contributed by atoms with Gasteiger partial charge in [0, 0.05) is 27.7 Å². The number of halogens is 1. The van der Waals surface area contributed by atoms with Crippen LogP contribution in [0.5, 0.6) is 0 Å². The average molecular weight is 473 g/mol. The fourth-order valence-electron chi connectivity index (χ4n) is 3.60. The molecule has 5 heteroatoms. The van der Waals surface area contributed by atoms with Crippen LogP contribution in [0.3, 0.4) is 0 Å². The summed E-state index contributed by atoms with van der Waals surface area (Å²) >= 11 is 3.40. The SMILES string of the molecule is CCN(C(=O)c1cccc(NC(=O)c2ccccc2Br)c1)c1cccc2ccccc12. The molecule has 0 atom stereocenters. The van der Waals surface area contributed by atoms with E-state index in [-0.39, 0.29) is 11.8 Å². The Morgan fingerprint density at radius 1 is 0.871 bits per heavy atom. The van der Waals surface area contributed by atoms with Crippen molar-refractivity contribution in [3.05, 3.63) is 107 Å². The van der Waals surface area contributed by atoms with Crippen LogP contribution >= 0.6 is 15.9 Å². The van der Waals surface area contributed by atoms with Gasteiger partial charge >= 0.3 is 0 Å². The van der Waals surface area contributed by atoms with Gasteiger partial charge in [0.2, 0.25) is 0 Å². The summed E-state index contributed by atoms with van der Waals surface area (Å²) in [6.07, 6.45) is 0. The summed E-state index contributed by atoms with van der Waals surface area (Å²) in [6, 6.07) is 28.2. The van der Waals surface area contributed by atoms with Crippen molar-refractivity contribution >= 4 is 49.9 Å². The lowest BCUT2D eigenvalue weighted by atomic mass is 10.1. The second kappa shape index (κ2) is 9.14. The maximum Gasteiger partial charge on any atom is 0.258 e. The van der Waals surface area contributed by atoms with Crippen LogP contribution in [0.1, 0.15) is 27.6 Å². The molecule has 0 saturated carbocycles. The van der Waals surface area contributed by atoms with Gasteiger partial charge in [0.1, 0.15) is 0 Å². The highest BCUT2D eigenvalue weighted by molar-refractivity contribution is 9.10. The Hall–Kier alpha value is -3.44. The molecular weight excluding hydrogens is 452 g/mol. The molecule has 0 aromatic heterocycles. The topological polar surface area (TPSA) is 49.4 Å². The van der Waals surface area contributed by atoms with Gasteiger partial charge in [-0.15, -0.1) is 0 Å². The van der Waals surface area contributed by atoms with E-state index in [2.05, 4.69) is 21.2 Å². The van der Waals surface area contributed by atoms with Gasteiger partial charge in [0.25, 0.3) is 11.8 Å². The van der Waals surface area contributed by atoms with Gasteiger partial charge in [-0.25, -0.2) is 0 Å². The molecule has 4 aromatic carbocycles. The molecule has 2 amide bonds. The van der Waals surface area contributed by atoms with E-state index in [1.54, 1.807) is 35.2 Å². The normalized spacial score (nSPS) is 10.6. The van der Waals surface area contributed by atoms with Gasteiger partial charge in [0.15, 0.2) is 0 Å². The first-order valence-electron chi connectivity index (χ1n) is 10.0. The number of nitrogens with zero attached hydrogens (tertiary/aromatic N) is 1. The zero-order chi connectivity index (χ0) is 21.8. The van der Waals surface area contributed by atoms with Gasteiger partial charge in [-0.2, -0.15) is 0 Å². The number of hydrogen-bond acceptors (Lipinski definition) is 2. The molecule has 4 nitrogen and oxygen atoms in total. The summed E-state index contributed by atoms with van der Waals surface area (Å²) in [5, 5.41) is 4.99. The highest BCUT2D eigenvalue weighted by Crippen LogP contribution is 2.28. The molecule has 0 bridgehead atoms. The van der Waals surface area contributed by atoms with Crippen LogP contribution in [0.15, 0.2) is 95.5 Å². The van der Waals surface area contributed by atoms with Crippen molar-refractivity contribution in [1.82, 2.24) is 0 Å². The van der Waals surface area contributed by atoms with Crippen LogP contribution in [0.2, 0.25) is 0 Å². The molecule has 0 saturated heterocycles. The van der Waals surface area contributed by atoms with Crippen molar-refractivity contribution < 1.29 is 9.59 Å². The van der Waals surface area contributed by atoms with E-state index in [0.29, 0.717) is 27.8 Å². The highest BCUT2D eigenvalue weighted by Gasteiger charge is 2.19. The molecule has 0 aliphatic heterocycles. The lowest BCUT2D eigenvalue weighted by molar-refractivity contribution is 0.0985. The predicted molar refractivity (Wildman–Crippen MR) is 130 cm³/mol. The van der Waals surface area contributed by atoms with E-state index in [1.165, 1.54) is 0 Å². The van der Waals surface area contributed by atoms with Crippen molar-refractivity contribution in [3.8, 4) is 0 Å². The van der Waals surface area contributed by atoms with Crippen molar-refractivity contribution in [2.45, 2.75) is 6.92 Å². The molecule has 0 aliphatic carbocycles. The Kier molecular flexibility index (Phi) is 6.14. The first-order valence-corrected chi connectivity index (χ1v) is 10.8. The van der Waals surface area contributed by atoms with E-state index in [0.717, 1.165) is 16.5 Å². The Morgan fingerprint density at radius 3 is 2.39 bits per heavy atom. The molecule has 0 fully saturated rings. The Labute approximate surface area is 189 Å². The quantitative estimate of drug-likeness (QED) is 0.359. The van der Waals surface area contributed by atoms with Crippen molar-refractivity contribution in [2.75, 3.05) is 16.8 Å². The molecule has 154 valence electrons. The number of carbonyl (C=O) groups is 2. The average Bonchev–Trinajstić information content (AvgIpc) is 2.80. The lowest BCUT2D eigenvalue weighted by Crippen LogP contribution is -2.30. The van der Waals surface area contributed by atoms with Crippen molar-refractivity contribution in [1.29, 1.82) is 0 Å². The Morgan fingerprint density at radius 2 is 1.58 bits per heavy atom.